The molecule has 13 nitrogen and oxygen atoms in total. The molecule has 4 aromatic rings. The molecule has 5 heterocycles. The SMILES string of the molecule is COc1cc(-c2cn(C)c(=O)c3cnccc23)c(OC)cc1CN1CCC(OC2CCN(C(=O)c3ccc(OC)c(C4CCC(=O)NC4=O)c3)CC2)CC1. The number of carbonyl (C=O) groups is 3. The second kappa shape index (κ2) is 16.0. The van der Waals surface area contributed by atoms with Crippen LogP contribution in [-0.2, 0) is 27.9 Å². The Morgan fingerprint density at radius 1 is 0.815 bits per heavy atom. The number of nitrogens with zero attached hydrogens (tertiary/aromatic N) is 4. The quantitative estimate of drug-likeness (QED) is 0.233. The molecule has 1 N–H and O–H groups in total. The Morgan fingerprint density at radius 3 is 2.20 bits per heavy atom. The highest BCUT2D eigenvalue weighted by molar-refractivity contribution is 6.02. The molecule has 1 unspecified atom stereocenters. The fraction of sp³-hybridized carbons (Fsp3) is 0.439. The summed E-state index contributed by atoms with van der Waals surface area (Å²) in [5, 5.41) is 3.75. The van der Waals surface area contributed by atoms with Crippen LogP contribution in [0.3, 0.4) is 0 Å². The smallest absolute Gasteiger partial charge is 0.259 e. The van der Waals surface area contributed by atoms with Gasteiger partial charge in [0.2, 0.25) is 11.8 Å². The van der Waals surface area contributed by atoms with Crippen molar-refractivity contribution in [2.45, 2.75) is 63.2 Å². The van der Waals surface area contributed by atoms with E-state index < -0.39 is 5.92 Å². The molecule has 3 aliphatic heterocycles. The molecule has 0 bridgehead atoms. The summed E-state index contributed by atoms with van der Waals surface area (Å²) in [5.41, 5.74) is 3.75. The molecule has 0 spiro atoms. The summed E-state index contributed by atoms with van der Waals surface area (Å²) in [4.78, 5) is 59.1. The highest BCUT2D eigenvalue weighted by atomic mass is 16.5. The molecular weight excluding hydrogens is 690 g/mol. The lowest BCUT2D eigenvalue weighted by Gasteiger charge is -2.37. The van der Waals surface area contributed by atoms with Crippen LogP contribution < -0.4 is 25.1 Å². The number of imide groups is 1. The first-order valence-corrected chi connectivity index (χ1v) is 18.5. The van der Waals surface area contributed by atoms with Gasteiger partial charge in [-0.1, -0.05) is 0 Å². The van der Waals surface area contributed by atoms with Crippen LogP contribution in [0.1, 0.15) is 65.9 Å². The number of methoxy groups -OCH3 is 3. The highest BCUT2D eigenvalue weighted by Crippen LogP contribution is 2.39. The van der Waals surface area contributed by atoms with Crippen molar-refractivity contribution in [3.8, 4) is 28.4 Å². The van der Waals surface area contributed by atoms with E-state index in [1.807, 2.05) is 29.3 Å². The van der Waals surface area contributed by atoms with E-state index in [0.717, 1.165) is 66.6 Å². The number of rotatable bonds is 10. The van der Waals surface area contributed by atoms with E-state index in [1.54, 1.807) is 56.4 Å². The lowest BCUT2D eigenvalue weighted by Crippen LogP contribution is -2.43. The van der Waals surface area contributed by atoms with Crippen LogP contribution in [0.25, 0.3) is 21.9 Å². The number of piperidine rings is 3. The Bertz CT molecular complexity index is 2120. The molecule has 3 fully saturated rings. The molecule has 7 rings (SSSR count). The van der Waals surface area contributed by atoms with E-state index in [2.05, 4.69) is 15.2 Å². The van der Waals surface area contributed by atoms with Gasteiger partial charge in [-0.3, -0.25) is 34.4 Å². The van der Waals surface area contributed by atoms with Gasteiger partial charge in [-0.05, 0) is 73.9 Å². The number of fused-ring (bicyclic) bond motifs is 1. The normalized spacial score (nSPS) is 18.8. The number of hydrogen-bond donors (Lipinski definition) is 1. The molecule has 0 saturated carbocycles. The van der Waals surface area contributed by atoms with Gasteiger partial charge in [-0.15, -0.1) is 0 Å². The van der Waals surface area contributed by atoms with Crippen LogP contribution in [0.15, 0.2) is 59.8 Å². The van der Waals surface area contributed by atoms with E-state index in [0.29, 0.717) is 54.1 Å². The number of carbonyl (C=O) groups excluding carboxylic acids is 3. The zero-order valence-corrected chi connectivity index (χ0v) is 31.3. The summed E-state index contributed by atoms with van der Waals surface area (Å²) in [6.07, 6.45) is 9.31. The van der Waals surface area contributed by atoms with Gasteiger partial charge in [0.1, 0.15) is 17.2 Å². The van der Waals surface area contributed by atoms with Gasteiger partial charge in [-0.25, -0.2) is 0 Å². The Morgan fingerprint density at radius 2 is 1.52 bits per heavy atom. The van der Waals surface area contributed by atoms with E-state index in [4.69, 9.17) is 18.9 Å². The minimum absolute atomic E-state index is 0.0849. The Labute approximate surface area is 314 Å². The maximum absolute atomic E-state index is 13.6. The van der Waals surface area contributed by atoms with Crippen molar-refractivity contribution in [3.05, 3.63) is 82.0 Å². The van der Waals surface area contributed by atoms with Crippen molar-refractivity contribution in [1.82, 2.24) is 24.7 Å². The molecule has 2 aromatic carbocycles. The van der Waals surface area contributed by atoms with Crippen molar-refractivity contribution >= 4 is 28.5 Å². The monoisotopic (exact) mass is 737 g/mol. The number of aryl methyl sites for hydroxylation is 1. The predicted octanol–water partition coefficient (Wildman–Crippen LogP) is 4.43. The minimum atomic E-state index is -0.543. The number of nitrogens with one attached hydrogen (secondary N) is 1. The third kappa shape index (κ3) is 7.56. The number of benzene rings is 2. The van der Waals surface area contributed by atoms with Crippen molar-refractivity contribution in [2.75, 3.05) is 47.5 Å². The molecule has 0 radical (unpaired) electrons. The van der Waals surface area contributed by atoms with Crippen LogP contribution in [0.2, 0.25) is 0 Å². The van der Waals surface area contributed by atoms with E-state index in [-0.39, 0.29) is 41.9 Å². The highest BCUT2D eigenvalue weighted by Gasteiger charge is 2.33. The van der Waals surface area contributed by atoms with Crippen LogP contribution in [0.5, 0.6) is 17.2 Å². The Kier molecular flexibility index (Phi) is 11.0. The topological polar surface area (TPSA) is 142 Å². The number of likely N-dealkylation sites (tertiary alicyclic amines) is 2. The summed E-state index contributed by atoms with van der Waals surface area (Å²) in [6.45, 7) is 3.63. The fourth-order valence-electron chi connectivity index (χ4n) is 8.05. The van der Waals surface area contributed by atoms with Crippen molar-refractivity contribution in [3.63, 3.8) is 0 Å². The summed E-state index contributed by atoms with van der Waals surface area (Å²) in [5.74, 6) is 0.710. The summed E-state index contributed by atoms with van der Waals surface area (Å²) in [7, 11) is 6.60. The largest absolute Gasteiger partial charge is 0.496 e. The van der Waals surface area contributed by atoms with E-state index >= 15 is 0 Å². The van der Waals surface area contributed by atoms with Gasteiger partial charge in [0, 0.05) is 92.6 Å². The van der Waals surface area contributed by atoms with Crippen LogP contribution >= 0.6 is 0 Å². The Hall–Kier alpha value is -5.27. The molecule has 13 heteroatoms. The number of pyridine rings is 2. The number of aromatic nitrogens is 2. The average Bonchev–Trinajstić information content (AvgIpc) is 3.19. The first kappa shape index (κ1) is 37.1. The number of ether oxygens (including phenoxy) is 4. The standard InChI is InChI=1S/C41H47N5O8/c1-44-24-34(29-9-14-42-22-33(29)41(44)50)32-21-36(52-3)26(20-37(32)53-4)23-45-15-10-27(11-16-45)54-28-12-17-46(18-13-28)40(49)25-5-7-35(51-2)31(19-25)30-6-8-38(47)43-39(30)48/h5,7,9,14,19-22,24,27-28,30H,6,8,10-13,15-18,23H2,1-4H3,(H,43,47,48). The number of hydrogen-bond acceptors (Lipinski definition) is 10. The van der Waals surface area contributed by atoms with Crippen LogP contribution in [0.4, 0.5) is 0 Å². The molecule has 284 valence electrons. The van der Waals surface area contributed by atoms with Gasteiger partial charge in [0.15, 0.2) is 0 Å². The molecule has 0 aliphatic carbocycles. The molecule has 2 aromatic heterocycles. The van der Waals surface area contributed by atoms with Gasteiger partial charge >= 0.3 is 0 Å². The summed E-state index contributed by atoms with van der Waals surface area (Å²) < 4.78 is 25.4. The van der Waals surface area contributed by atoms with Crippen LogP contribution in [-0.4, -0.2) is 96.8 Å². The fourth-order valence-corrected chi connectivity index (χ4v) is 8.05. The second-order valence-electron chi connectivity index (χ2n) is 14.3. The second-order valence-corrected chi connectivity index (χ2v) is 14.3. The number of amides is 3. The zero-order chi connectivity index (χ0) is 37.9. The lowest BCUT2D eigenvalue weighted by molar-refractivity contribution is -0.134. The molecular formula is C41H47N5O8. The summed E-state index contributed by atoms with van der Waals surface area (Å²) in [6, 6.07) is 11.1. The molecule has 3 aliphatic rings. The predicted molar refractivity (Wildman–Crippen MR) is 202 cm³/mol. The third-order valence-corrected chi connectivity index (χ3v) is 11.0. The summed E-state index contributed by atoms with van der Waals surface area (Å²) >= 11 is 0. The van der Waals surface area contributed by atoms with Crippen molar-refractivity contribution in [1.29, 1.82) is 0 Å². The third-order valence-electron chi connectivity index (χ3n) is 11.0. The Balaban J connectivity index is 0.939. The molecule has 54 heavy (non-hydrogen) atoms. The first-order chi connectivity index (χ1) is 26.2. The van der Waals surface area contributed by atoms with Crippen LogP contribution in [0, 0.1) is 0 Å². The molecule has 3 saturated heterocycles. The van der Waals surface area contributed by atoms with E-state index in [1.165, 1.54) is 7.11 Å². The van der Waals surface area contributed by atoms with Gasteiger partial charge in [0.25, 0.3) is 11.5 Å². The maximum Gasteiger partial charge on any atom is 0.259 e. The van der Waals surface area contributed by atoms with E-state index in [9.17, 15) is 19.2 Å². The van der Waals surface area contributed by atoms with Crippen molar-refractivity contribution in [2.24, 2.45) is 7.05 Å². The van der Waals surface area contributed by atoms with Crippen molar-refractivity contribution < 1.29 is 33.3 Å². The zero-order valence-electron chi connectivity index (χ0n) is 31.3. The average molecular weight is 738 g/mol. The maximum atomic E-state index is 13.6. The van der Waals surface area contributed by atoms with Gasteiger partial charge in [0.05, 0.1) is 44.8 Å². The minimum Gasteiger partial charge on any atom is -0.496 e. The lowest BCUT2D eigenvalue weighted by atomic mass is 9.88. The molecule has 1 atom stereocenters. The van der Waals surface area contributed by atoms with Gasteiger partial charge in [-0.2, -0.15) is 0 Å². The van der Waals surface area contributed by atoms with Gasteiger partial charge < -0.3 is 28.4 Å². The first-order valence-electron chi connectivity index (χ1n) is 18.5. The molecule has 3 amide bonds.